The molecule has 4 heteroatoms. The first kappa shape index (κ1) is 7.60. The van der Waals surface area contributed by atoms with Gasteiger partial charge in [-0.2, -0.15) is 0 Å². The summed E-state index contributed by atoms with van der Waals surface area (Å²) in [6, 6.07) is 1.95. The summed E-state index contributed by atoms with van der Waals surface area (Å²) in [5, 5.41) is 0. The van der Waals surface area contributed by atoms with E-state index < -0.39 is 17.5 Å². The minimum Gasteiger partial charge on any atom is -0.204 e. The topological polar surface area (TPSA) is 0 Å². The van der Waals surface area contributed by atoms with Crippen molar-refractivity contribution in [1.29, 1.82) is 0 Å². The second-order valence-electron chi connectivity index (χ2n) is 1.66. The zero-order valence-corrected chi connectivity index (χ0v) is 6.25. The molecule has 1 aromatic rings. The van der Waals surface area contributed by atoms with Gasteiger partial charge in [-0.05, 0) is 28.1 Å². The Balaban J connectivity index is 3.34. The van der Waals surface area contributed by atoms with Crippen LogP contribution in [0.1, 0.15) is 0 Å². The molecule has 0 spiro atoms. The van der Waals surface area contributed by atoms with Gasteiger partial charge in [0.15, 0.2) is 17.5 Å². The minimum absolute atomic E-state index is 0.0774. The quantitative estimate of drug-likeness (QED) is 0.457. The monoisotopic (exact) mass is 210 g/mol. The van der Waals surface area contributed by atoms with Crippen molar-refractivity contribution in [2.24, 2.45) is 0 Å². The zero-order valence-electron chi connectivity index (χ0n) is 4.67. The van der Waals surface area contributed by atoms with Crippen LogP contribution in [0, 0.1) is 17.5 Å². The van der Waals surface area contributed by atoms with E-state index >= 15 is 0 Å². The highest BCUT2D eigenvalue weighted by Gasteiger charge is 2.10. The molecule has 0 aliphatic carbocycles. The van der Waals surface area contributed by atoms with Gasteiger partial charge < -0.3 is 0 Å². The van der Waals surface area contributed by atoms with Gasteiger partial charge in [-0.1, -0.05) is 0 Å². The molecule has 0 saturated heterocycles. The van der Waals surface area contributed by atoms with E-state index in [9.17, 15) is 13.2 Å². The maximum absolute atomic E-state index is 12.3. The lowest BCUT2D eigenvalue weighted by molar-refractivity contribution is 0.444. The van der Waals surface area contributed by atoms with Gasteiger partial charge >= 0.3 is 0 Å². The summed E-state index contributed by atoms with van der Waals surface area (Å²) < 4.78 is 36.6. The van der Waals surface area contributed by atoms with Gasteiger partial charge in [0, 0.05) is 0 Å². The number of rotatable bonds is 0. The molecule has 10 heavy (non-hydrogen) atoms. The smallest absolute Gasteiger partial charge is 0.195 e. The maximum atomic E-state index is 12.3. The molecule has 0 bridgehead atoms. The summed E-state index contributed by atoms with van der Waals surface area (Å²) in [6.45, 7) is 0. The van der Waals surface area contributed by atoms with Crippen LogP contribution in [0.15, 0.2) is 16.6 Å². The Hall–Kier alpha value is -0.510. The van der Waals surface area contributed by atoms with Crippen LogP contribution in [0.3, 0.4) is 0 Å². The molecule has 1 rings (SSSR count). The third kappa shape index (κ3) is 1.16. The van der Waals surface area contributed by atoms with Gasteiger partial charge in [-0.25, -0.2) is 13.2 Å². The first-order valence-corrected chi connectivity index (χ1v) is 3.21. The van der Waals surface area contributed by atoms with Gasteiger partial charge in [0.05, 0.1) is 4.47 Å². The summed E-state index contributed by atoms with van der Waals surface area (Å²) in [7, 11) is 0. The average molecular weight is 211 g/mol. The Kier molecular flexibility index (Phi) is 1.99. The fourth-order valence-corrected chi connectivity index (χ4v) is 0.809. The van der Waals surface area contributed by atoms with Crippen molar-refractivity contribution in [3.05, 3.63) is 34.1 Å². The van der Waals surface area contributed by atoms with Crippen molar-refractivity contribution >= 4 is 15.9 Å². The lowest BCUT2D eigenvalue weighted by atomic mass is 10.3. The Labute approximate surface area is 63.8 Å². The van der Waals surface area contributed by atoms with Gasteiger partial charge in [-0.3, -0.25) is 0 Å². The highest BCUT2D eigenvalue weighted by molar-refractivity contribution is 9.10. The van der Waals surface area contributed by atoms with Crippen molar-refractivity contribution in [1.82, 2.24) is 0 Å². The van der Waals surface area contributed by atoms with Crippen molar-refractivity contribution in [3.63, 3.8) is 0 Å². The molecule has 0 saturated carbocycles. The van der Waals surface area contributed by atoms with Gasteiger partial charge in [0.25, 0.3) is 0 Å². The van der Waals surface area contributed by atoms with Crippen molar-refractivity contribution in [2.45, 2.75) is 0 Å². The van der Waals surface area contributed by atoms with Crippen LogP contribution in [0.25, 0.3) is 0 Å². The first-order chi connectivity index (χ1) is 4.63. The molecule has 0 fully saturated rings. The van der Waals surface area contributed by atoms with E-state index in [-0.39, 0.29) is 4.47 Å². The predicted octanol–water partition coefficient (Wildman–Crippen LogP) is 2.87. The van der Waals surface area contributed by atoms with Crippen LogP contribution in [0.2, 0.25) is 0 Å². The average Bonchev–Trinajstić information content (AvgIpc) is 1.93. The highest BCUT2D eigenvalue weighted by Crippen LogP contribution is 2.19. The van der Waals surface area contributed by atoms with Crippen LogP contribution in [-0.4, -0.2) is 0 Å². The van der Waals surface area contributed by atoms with E-state index in [0.717, 1.165) is 12.1 Å². The minimum atomic E-state index is -1.45. The first-order valence-electron chi connectivity index (χ1n) is 2.42. The molecule has 0 radical (unpaired) electrons. The standard InChI is InChI=1S/C6H2BrF3/c7-3-1-2-4(8)6(10)5(3)9/h1-2H. The molecular weight excluding hydrogens is 209 g/mol. The summed E-state index contributed by atoms with van der Waals surface area (Å²) in [5.74, 6) is -3.82. The van der Waals surface area contributed by atoms with E-state index in [1.54, 1.807) is 0 Å². The molecule has 0 atom stereocenters. The molecule has 0 aliphatic heterocycles. The summed E-state index contributed by atoms with van der Waals surface area (Å²) >= 11 is 2.70. The second-order valence-corrected chi connectivity index (χ2v) is 2.51. The number of benzene rings is 1. The van der Waals surface area contributed by atoms with Crippen LogP contribution in [-0.2, 0) is 0 Å². The van der Waals surface area contributed by atoms with Crippen LogP contribution in [0.4, 0.5) is 13.2 Å². The van der Waals surface area contributed by atoms with E-state index in [1.807, 2.05) is 0 Å². The normalized spacial score (nSPS) is 10.0. The van der Waals surface area contributed by atoms with E-state index in [2.05, 4.69) is 15.9 Å². The number of hydrogen-bond donors (Lipinski definition) is 0. The van der Waals surface area contributed by atoms with E-state index in [1.165, 1.54) is 0 Å². The third-order valence-corrected chi connectivity index (χ3v) is 1.60. The zero-order chi connectivity index (χ0) is 7.72. The van der Waals surface area contributed by atoms with Crippen molar-refractivity contribution < 1.29 is 13.2 Å². The second kappa shape index (κ2) is 2.62. The Morgan fingerprint density at radius 1 is 1.00 bits per heavy atom. The maximum Gasteiger partial charge on any atom is 0.195 e. The highest BCUT2D eigenvalue weighted by atomic mass is 79.9. The lowest BCUT2D eigenvalue weighted by Crippen LogP contribution is -1.89. The van der Waals surface area contributed by atoms with Crippen LogP contribution >= 0.6 is 15.9 Å². The molecule has 0 aromatic heterocycles. The summed E-state index contributed by atoms with van der Waals surface area (Å²) in [6.07, 6.45) is 0. The molecule has 1 aromatic carbocycles. The molecule has 0 unspecified atom stereocenters. The molecule has 54 valence electrons. The molecule has 0 N–H and O–H groups in total. The van der Waals surface area contributed by atoms with Crippen molar-refractivity contribution in [2.75, 3.05) is 0 Å². The largest absolute Gasteiger partial charge is 0.204 e. The van der Waals surface area contributed by atoms with E-state index in [4.69, 9.17) is 0 Å². The molecule has 0 amide bonds. The molecule has 0 aliphatic rings. The summed E-state index contributed by atoms with van der Waals surface area (Å²) in [5.41, 5.74) is 0. The van der Waals surface area contributed by atoms with Gasteiger partial charge in [-0.15, -0.1) is 0 Å². The number of hydrogen-bond acceptors (Lipinski definition) is 0. The SMILES string of the molecule is Fc1ccc(Br)c(F)c1F. The summed E-state index contributed by atoms with van der Waals surface area (Å²) in [4.78, 5) is 0. The predicted molar refractivity (Wildman–Crippen MR) is 34.0 cm³/mol. The molecule has 0 nitrogen and oxygen atoms in total. The molecule has 0 heterocycles. The van der Waals surface area contributed by atoms with Crippen LogP contribution < -0.4 is 0 Å². The third-order valence-electron chi connectivity index (χ3n) is 0.988. The van der Waals surface area contributed by atoms with Crippen LogP contribution in [0.5, 0.6) is 0 Å². The van der Waals surface area contributed by atoms with E-state index in [0.29, 0.717) is 0 Å². The fourth-order valence-electron chi connectivity index (χ4n) is 0.502. The fraction of sp³-hybridized carbons (Fsp3) is 0. The Morgan fingerprint density at radius 3 is 2.10 bits per heavy atom. The van der Waals surface area contributed by atoms with Gasteiger partial charge in [0.1, 0.15) is 0 Å². The lowest BCUT2D eigenvalue weighted by Gasteiger charge is -1.95. The number of halogens is 4. The Bertz CT molecular complexity index is 232. The van der Waals surface area contributed by atoms with Gasteiger partial charge in [0.2, 0.25) is 0 Å². The Morgan fingerprint density at radius 2 is 1.60 bits per heavy atom. The molecular formula is C6H2BrF3. The van der Waals surface area contributed by atoms with Crippen molar-refractivity contribution in [3.8, 4) is 0 Å².